The summed E-state index contributed by atoms with van der Waals surface area (Å²) in [5.74, 6) is 3.92. The molecule has 2 N–H and O–H groups in total. The zero-order chi connectivity index (χ0) is 19.0. The van der Waals surface area contributed by atoms with Gasteiger partial charge in [0.2, 0.25) is 0 Å². The van der Waals surface area contributed by atoms with Crippen LogP contribution in [0.3, 0.4) is 0 Å². The topological polar surface area (TPSA) is 72.1 Å². The second-order valence-electron chi connectivity index (χ2n) is 7.59. The van der Waals surface area contributed by atoms with Crippen molar-refractivity contribution >= 4 is 16.9 Å². The van der Waals surface area contributed by atoms with Crippen molar-refractivity contribution in [3.8, 4) is 11.5 Å². The first-order valence-corrected chi connectivity index (χ1v) is 9.54. The Morgan fingerprint density at radius 2 is 1.78 bits per heavy atom. The zero-order valence-corrected chi connectivity index (χ0v) is 16.2. The summed E-state index contributed by atoms with van der Waals surface area (Å²) in [5.41, 5.74) is 2.02. The number of aromatic amines is 1. The number of fused-ring (bicyclic) bond motifs is 2. The summed E-state index contributed by atoms with van der Waals surface area (Å²) in [6.45, 7) is 9.80. The number of nitrogens with zero attached hydrogens (tertiary/aromatic N) is 2. The molecule has 0 saturated heterocycles. The quantitative estimate of drug-likeness (QED) is 0.687. The molecule has 3 heterocycles. The monoisotopic (exact) mass is 366 g/mol. The Hall–Kier alpha value is -2.76. The Kier molecular flexibility index (Phi) is 4.64. The van der Waals surface area contributed by atoms with Gasteiger partial charge in [-0.05, 0) is 29.7 Å². The summed E-state index contributed by atoms with van der Waals surface area (Å²) in [6, 6.07) is 8.28. The second-order valence-corrected chi connectivity index (χ2v) is 7.59. The molecule has 3 aromatic rings. The van der Waals surface area contributed by atoms with Crippen molar-refractivity contribution < 1.29 is 9.47 Å². The molecule has 2 aromatic heterocycles. The van der Waals surface area contributed by atoms with Gasteiger partial charge in [-0.1, -0.05) is 33.8 Å². The summed E-state index contributed by atoms with van der Waals surface area (Å²) >= 11 is 0. The molecule has 0 amide bonds. The van der Waals surface area contributed by atoms with E-state index < -0.39 is 0 Å². The van der Waals surface area contributed by atoms with Gasteiger partial charge in [-0.2, -0.15) is 0 Å². The number of hydrogen-bond acceptors (Lipinski definition) is 5. The van der Waals surface area contributed by atoms with Crippen LogP contribution in [0.2, 0.25) is 0 Å². The first-order valence-electron chi connectivity index (χ1n) is 9.54. The molecule has 0 bridgehead atoms. The van der Waals surface area contributed by atoms with Crippen LogP contribution < -0.4 is 14.8 Å². The van der Waals surface area contributed by atoms with Crippen molar-refractivity contribution in [1.29, 1.82) is 0 Å². The molecule has 0 unspecified atom stereocenters. The van der Waals surface area contributed by atoms with E-state index in [0.717, 1.165) is 39.7 Å². The lowest BCUT2D eigenvalue weighted by Gasteiger charge is -2.26. The van der Waals surface area contributed by atoms with Crippen LogP contribution in [0.15, 0.2) is 30.5 Å². The normalized spacial score (nSPS) is 14.7. The van der Waals surface area contributed by atoms with E-state index in [1.165, 1.54) is 0 Å². The average molecular weight is 366 g/mol. The van der Waals surface area contributed by atoms with Gasteiger partial charge >= 0.3 is 0 Å². The van der Waals surface area contributed by atoms with Gasteiger partial charge in [-0.3, -0.25) is 0 Å². The van der Waals surface area contributed by atoms with Crippen molar-refractivity contribution in [3.63, 3.8) is 0 Å². The minimum absolute atomic E-state index is 0.0915. The van der Waals surface area contributed by atoms with E-state index in [9.17, 15) is 0 Å². The van der Waals surface area contributed by atoms with E-state index in [2.05, 4.69) is 55.1 Å². The Balaban J connectivity index is 1.72. The molecular formula is C21H26N4O2. The molecule has 0 spiro atoms. The van der Waals surface area contributed by atoms with Crippen LogP contribution in [0.5, 0.6) is 11.5 Å². The van der Waals surface area contributed by atoms with Crippen LogP contribution in [-0.4, -0.2) is 28.2 Å². The number of hydrogen-bond donors (Lipinski definition) is 2. The van der Waals surface area contributed by atoms with Crippen LogP contribution in [0.25, 0.3) is 11.0 Å². The molecule has 6 heteroatoms. The molecule has 1 aliphatic rings. The lowest BCUT2D eigenvalue weighted by molar-refractivity contribution is 0.171. The third kappa shape index (κ3) is 3.44. The van der Waals surface area contributed by atoms with Crippen molar-refractivity contribution in [2.75, 3.05) is 18.5 Å². The molecule has 4 rings (SSSR count). The zero-order valence-electron chi connectivity index (χ0n) is 16.2. The molecular weight excluding hydrogens is 340 g/mol. The molecule has 1 aromatic carbocycles. The minimum Gasteiger partial charge on any atom is -0.486 e. The smallest absolute Gasteiger partial charge is 0.161 e. The molecule has 142 valence electrons. The van der Waals surface area contributed by atoms with Gasteiger partial charge in [0.25, 0.3) is 0 Å². The highest BCUT2D eigenvalue weighted by Crippen LogP contribution is 2.36. The fourth-order valence-corrected chi connectivity index (χ4v) is 3.36. The van der Waals surface area contributed by atoms with Crippen molar-refractivity contribution in [3.05, 3.63) is 41.9 Å². The average Bonchev–Trinajstić information content (AvgIpc) is 3.14. The van der Waals surface area contributed by atoms with E-state index in [-0.39, 0.29) is 12.0 Å². The number of anilines is 1. The molecule has 27 heavy (non-hydrogen) atoms. The van der Waals surface area contributed by atoms with Gasteiger partial charge in [0, 0.05) is 12.1 Å². The van der Waals surface area contributed by atoms with E-state index >= 15 is 0 Å². The van der Waals surface area contributed by atoms with Crippen molar-refractivity contribution in [2.45, 2.75) is 39.7 Å². The summed E-state index contributed by atoms with van der Waals surface area (Å²) in [6.07, 6.45) is 1.91. The highest BCUT2D eigenvalue weighted by atomic mass is 16.6. The summed E-state index contributed by atoms with van der Waals surface area (Å²) < 4.78 is 11.4. The summed E-state index contributed by atoms with van der Waals surface area (Å²) in [7, 11) is 0. The van der Waals surface area contributed by atoms with Gasteiger partial charge in [0.1, 0.15) is 30.5 Å². The van der Waals surface area contributed by atoms with E-state index in [4.69, 9.17) is 14.5 Å². The predicted octanol–water partition coefficient (Wildman–Crippen LogP) is 4.66. The highest BCUT2D eigenvalue weighted by Gasteiger charge is 2.22. The van der Waals surface area contributed by atoms with Gasteiger partial charge < -0.3 is 19.8 Å². The number of rotatable bonds is 5. The van der Waals surface area contributed by atoms with Crippen molar-refractivity contribution in [1.82, 2.24) is 15.0 Å². The number of aromatic nitrogens is 3. The Bertz CT molecular complexity index is 949. The van der Waals surface area contributed by atoms with Crippen LogP contribution in [0.4, 0.5) is 5.82 Å². The lowest BCUT2D eigenvalue weighted by Crippen LogP contribution is -2.20. The molecule has 6 nitrogen and oxygen atoms in total. The highest BCUT2D eigenvalue weighted by molar-refractivity contribution is 5.87. The summed E-state index contributed by atoms with van der Waals surface area (Å²) in [5, 5.41) is 4.66. The third-order valence-corrected chi connectivity index (χ3v) is 4.83. The molecule has 0 radical (unpaired) electrons. The first kappa shape index (κ1) is 17.6. The molecule has 1 atom stereocenters. The van der Waals surface area contributed by atoms with Crippen LogP contribution >= 0.6 is 0 Å². The van der Waals surface area contributed by atoms with Crippen LogP contribution in [0, 0.1) is 5.92 Å². The number of nitrogens with one attached hydrogen (secondary N) is 2. The second kappa shape index (κ2) is 7.10. The Morgan fingerprint density at radius 1 is 1.00 bits per heavy atom. The number of benzene rings is 1. The fourth-order valence-electron chi connectivity index (χ4n) is 3.36. The maximum Gasteiger partial charge on any atom is 0.161 e. The fraction of sp³-hybridized carbons (Fsp3) is 0.429. The maximum absolute atomic E-state index is 5.77. The van der Waals surface area contributed by atoms with Gasteiger partial charge in [-0.25, -0.2) is 9.97 Å². The SMILES string of the molecule is CC(C)c1nc(N[C@@H](c2ccc3c(c2)OCCO3)C(C)C)c2cc[nH]c2n1. The molecule has 0 fully saturated rings. The molecule has 0 saturated carbocycles. The van der Waals surface area contributed by atoms with Gasteiger partial charge in [-0.15, -0.1) is 0 Å². The summed E-state index contributed by atoms with van der Waals surface area (Å²) in [4.78, 5) is 12.7. The van der Waals surface area contributed by atoms with E-state index in [1.807, 2.05) is 18.3 Å². The standard InChI is InChI=1S/C21H26N4O2/c1-12(2)18(14-5-6-16-17(11-14)27-10-9-26-16)23-21-15-7-8-22-20(15)24-19(25-21)13(3)4/h5-8,11-13,18H,9-10H2,1-4H3,(H2,22,23,24,25)/t18-/m1/s1. The molecule has 0 aliphatic carbocycles. The van der Waals surface area contributed by atoms with Gasteiger partial charge in [0.15, 0.2) is 11.5 Å². The maximum atomic E-state index is 5.77. The predicted molar refractivity (Wildman–Crippen MR) is 107 cm³/mol. The lowest BCUT2D eigenvalue weighted by atomic mass is 9.95. The first-order chi connectivity index (χ1) is 13.0. The van der Waals surface area contributed by atoms with Crippen molar-refractivity contribution in [2.24, 2.45) is 5.92 Å². The number of H-pyrrole nitrogens is 1. The number of ether oxygens (including phenoxy) is 2. The largest absolute Gasteiger partial charge is 0.486 e. The Labute approximate surface area is 159 Å². The van der Waals surface area contributed by atoms with E-state index in [0.29, 0.717) is 19.1 Å². The molecule has 1 aliphatic heterocycles. The van der Waals surface area contributed by atoms with Crippen LogP contribution in [0.1, 0.15) is 51.0 Å². The van der Waals surface area contributed by atoms with Gasteiger partial charge in [0.05, 0.1) is 11.4 Å². The Morgan fingerprint density at radius 3 is 2.52 bits per heavy atom. The van der Waals surface area contributed by atoms with E-state index in [1.54, 1.807) is 0 Å². The third-order valence-electron chi connectivity index (χ3n) is 4.83. The van der Waals surface area contributed by atoms with Crippen LogP contribution in [-0.2, 0) is 0 Å². The minimum atomic E-state index is 0.0915.